The lowest BCUT2D eigenvalue weighted by atomic mass is 10.2. The molecule has 0 radical (unpaired) electrons. The molecule has 1 aliphatic carbocycles. The zero-order valence-corrected chi connectivity index (χ0v) is 14.7. The average molecular weight is 328 g/mol. The molecule has 1 fully saturated rings. The summed E-state index contributed by atoms with van der Waals surface area (Å²) in [7, 11) is 0. The Hall–Kier alpha value is -0.590. The molecule has 1 saturated carbocycles. The minimum Gasteiger partial charge on any atom is -0.308 e. The molecule has 1 amide bonds. The van der Waals surface area contributed by atoms with Crippen molar-refractivity contribution in [3.8, 4) is 0 Å². The molecule has 2 atom stereocenters. The maximum atomic E-state index is 11.5. The Morgan fingerprint density at radius 2 is 2.33 bits per heavy atom. The van der Waals surface area contributed by atoms with Crippen molar-refractivity contribution in [3.63, 3.8) is 0 Å². The van der Waals surface area contributed by atoms with E-state index in [-0.39, 0.29) is 5.91 Å². The molecule has 1 aromatic heterocycles. The van der Waals surface area contributed by atoms with E-state index in [0.717, 1.165) is 22.6 Å². The summed E-state index contributed by atoms with van der Waals surface area (Å²) >= 11 is 3.63. The molecule has 118 valence electrons. The van der Waals surface area contributed by atoms with Gasteiger partial charge in [-0.2, -0.15) is 11.8 Å². The quantitative estimate of drug-likeness (QED) is 0.835. The molecule has 1 heterocycles. The third-order valence-electron chi connectivity index (χ3n) is 3.83. The molecule has 0 spiro atoms. The van der Waals surface area contributed by atoms with E-state index in [4.69, 9.17) is 0 Å². The molecular formula is C15H25N3OS2. The molecule has 0 saturated heterocycles. The average Bonchev–Trinajstić information content (AvgIpc) is 3.07. The first-order valence-electron chi connectivity index (χ1n) is 7.71. The van der Waals surface area contributed by atoms with Crippen molar-refractivity contribution in [1.82, 2.24) is 10.3 Å². The summed E-state index contributed by atoms with van der Waals surface area (Å²) in [6.07, 6.45) is 3.86. The first kappa shape index (κ1) is 16.8. The van der Waals surface area contributed by atoms with Gasteiger partial charge in [0.1, 0.15) is 0 Å². The number of carbonyl (C=O) groups excluding carboxylic acids is 1. The van der Waals surface area contributed by atoms with Gasteiger partial charge in [-0.1, -0.05) is 6.92 Å². The standard InChI is InChI=1S/C15H25N3OS2/c1-4-18(11(3)19)15-17-13(10-21-15)9-16-12-6-7-14(8-12)20-5-2/h10,12,14,16H,4-9H2,1-3H3. The second-order valence-electron chi connectivity index (χ2n) is 5.35. The van der Waals surface area contributed by atoms with Crippen molar-refractivity contribution >= 4 is 34.1 Å². The maximum absolute atomic E-state index is 11.5. The normalized spacial score (nSPS) is 21.7. The number of nitrogens with zero attached hydrogens (tertiary/aromatic N) is 2. The Morgan fingerprint density at radius 3 is 3.00 bits per heavy atom. The second-order valence-corrected chi connectivity index (χ2v) is 7.77. The number of hydrogen-bond acceptors (Lipinski definition) is 5. The third kappa shape index (κ3) is 4.69. The summed E-state index contributed by atoms with van der Waals surface area (Å²) in [5, 5.41) is 7.31. The molecule has 0 aliphatic heterocycles. The fourth-order valence-electron chi connectivity index (χ4n) is 2.76. The van der Waals surface area contributed by atoms with E-state index in [1.807, 2.05) is 6.92 Å². The van der Waals surface area contributed by atoms with E-state index in [9.17, 15) is 4.79 Å². The molecule has 1 aromatic rings. The molecule has 1 N–H and O–H groups in total. The molecule has 6 heteroatoms. The first-order valence-corrected chi connectivity index (χ1v) is 9.64. The van der Waals surface area contributed by atoms with Crippen LogP contribution in [0.1, 0.15) is 45.7 Å². The van der Waals surface area contributed by atoms with Crippen LogP contribution in [0.25, 0.3) is 0 Å². The fourth-order valence-corrected chi connectivity index (χ4v) is 4.83. The van der Waals surface area contributed by atoms with Crippen molar-refractivity contribution in [3.05, 3.63) is 11.1 Å². The van der Waals surface area contributed by atoms with Gasteiger partial charge in [-0.3, -0.25) is 9.69 Å². The van der Waals surface area contributed by atoms with Crippen LogP contribution in [-0.2, 0) is 11.3 Å². The topological polar surface area (TPSA) is 45.2 Å². The maximum Gasteiger partial charge on any atom is 0.225 e. The fraction of sp³-hybridized carbons (Fsp3) is 0.733. The lowest BCUT2D eigenvalue weighted by Gasteiger charge is -2.15. The van der Waals surface area contributed by atoms with Crippen LogP contribution in [0.4, 0.5) is 5.13 Å². The van der Waals surface area contributed by atoms with Crippen LogP contribution < -0.4 is 10.2 Å². The lowest BCUT2D eigenvalue weighted by Crippen LogP contribution is -2.28. The summed E-state index contributed by atoms with van der Waals surface area (Å²) in [6.45, 7) is 7.28. The number of amides is 1. The molecular weight excluding hydrogens is 302 g/mol. The summed E-state index contributed by atoms with van der Waals surface area (Å²) in [5.74, 6) is 1.27. The van der Waals surface area contributed by atoms with Crippen LogP contribution in [0, 0.1) is 0 Å². The van der Waals surface area contributed by atoms with E-state index < -0.39 is 0 Å². The Bertz CT molecular complexity index is 464. The van der Waals surface area contributed by atoms with E-state index in [2.05, 4.69) is 34.4 Å². The monoisotopic (exact) mass is 327 g/mol. The summed E-state index contributed by atoms with van der Waals surface area (Å²) in [5.41, 5.74) is 1.04. The predicted octanol–water partition coefficient (Wildman–Crippen LogP) is 3.28. The molecule has 2 rings (SSSR count). The van der Waals surface area contributed by atoms with Crippen molar-refractivity contribution in [2.75, 3.05) is 17.2 Å². The first-order chi connectivity index (χ1) is 10.1. The highest BCUT2D eigenvalue weighted by molar-refractivity contribution is 7.99. The van der Waals surface area contributed by atoms with Crippen LogP contribution >= 0.6 is 23.1 Å². The van der Waals surface area contributed by atoms with E-state index in [1.165, 1.54) is 25.0 Å². The molecule has 0 aromatic carbocycles. The van der Waals surface area contributed by atoms with Gasteiger partial charge >= 0.3 is 0 Å². The SMILES string of the molecule is CCSC1CCC(NCc2csc(N(CC)C(C)=O)n2)C1. The lowest BCUT2D eigenvalue weighted by molar-refractivity contribution is -0.116. The number of anilines is 1. The van der Waals surface area contributed by atoms with Gasteiger partial charge in [0.05, 0.1) is 5.69 Å². The van der Waals surface area contributed by atoms with Crippen LogP contribution in [0.3, 0.4) is 0 Å². The van der Waals surface area contributed by atoms with Gasteiger partial charge < -0.3 is 5.32 Å². The summed E-state index contributed by atoms with van der Waals surface area (Å²) in [6, 6.07) is 0.620. The minimum atomic E-state index is 0.0570. The smallest absolute Gasteiger partial charge is 0.225 e. The largest absolute Gasteiger partial charge is 0.308 e. The molecule has 1 aliphatic rings. The van der Waals surface area contributed by atoms with Gasteiger partial charge in [0.15, 0.2) is 5.13 Å². The summed E-state index contributed by atoms with van der Waals surface area (Å²) < 4.78 is 0. The highest BCUT2D eigenvalue weighted by Gasteiger charge is 2.24. The Morgan fingerprint density at radius 1 is 1.52 bits per heavy atom. The number of rotatable bonds is 7. The molecule has 2 unspecified atom stereocenters. The number of thiazole rings is 1. The number of carbonyl (C=O) groups is 1. The number of aromatic nitrogens is 1. The zero-order chi connectivity index (χ0) is 15.2. The Labute approximate surface area is 135 Å². The van der Waals surface area contributed by atoms with E-state index >= 15 is 0 Å². The number of thioether (sulfide) groups is 1. The van der Waals surface area contributed by atoms with Gasteiger partial charge in [-0.25, -0.2) is 4.98 Å². The number of nitrogens with one attached hydrogen (secondary N) is 1. The Kier molecular flexibility index (Phi) is 6.51. The highest BCUT2D eigenvalue weighted by Crippen LogP contribution is 2.30. The highest BCUT2D eigenvalue weighted by atomic mass is 32.2. The van der Waals surface area contributed by atoms with Gasteiger partial charge in [0.2, 0.25) is 5.91 Å². The van der Waals surface area contributed by atoms with Gasteiger partial charge in [-0.05, 0) is 31.9 Å². The van der Waals surface area contributed by atoms with Crippen molar-refractivity contribution < 1.29 is 4.79 Å². The number of hydrogen-bond donors (Lipinski definition) is 1. The van der Waals surface area contributed by atoms with E-state index in [1.54, 1.807) is 23.2 Å². The van der Waals surface area contributed by atoms with Crippen molar-refractivity contribution in [2.45, 2.75) is 57.9 Å². The van der Waals surface area contributed by atoms with E-state index in [0.29, 0.717) is 12.6 Å². The molecule has 21 heavy (non-hydrogen) atoms. The van der Waals surface area contributed by atoms with Crippen molar-refractivity contribution in [2.24, 2.45) is 0 Å². The predicted molar refractivity (Wildman–Crippen MR) is 92.2 cm³/mol. The van der Waals surface area contributed by atoms with Gasteiger partial charge in [0, 0.05) is 36.7 Å². The second kappa shape index (κ2) is 8.15. The van der Waals surface area contributed by atoms with Crippen LogP contribution in [-0.4, -0.2) is 34.5 Å². The molecule has 0 bridgehead atoms. The molecule has 4 nitrogen and oxygen atoms in total. The summed E-state index contributed by atoms with van der Waals surface area (Å²) in [4.78, 5) is 17.8. The van der Waals surface area contributed by atoms with Crippen molar-refractivity contribution in [1.29, 1.82) is 0 Å². The van der Waals surface area contributed by atoms with Gasteiger partial charge in [-0.15, -0.1) is 11.3 Å². The van der Waals surface area contributed by atoms with Crippen LogP contribution in [0.2, 0.25) is 0 Å². The van der Waals surface area contributed by atoms with Crippen LogP contribution in [0.5, 0.6) is 0 Å². The Balaban J connectivity index is 1.82. The minimum absolute atomic E-state index is 0.0570. The zero-order valence-electron chi connectivity index (χ0n) is 13.1. The van der Waals surface area contributed by atoms with Gasteiger partial charge in [0.25, 0.3) is 0 Å². The van der Waals surface area contributed by atoms with Crippen LogP contribution in [0.15, 0.2) is 5.38 Å². The third-order valence-corrected chi connectivity index (χ3v) is 5.97.